The number of hydrogen-bond donors (Lipinski definition) is 3. The van der Waals surface area contributed by atoms with Crippen LogP contribution in [0, 0.1) is 0 Å². The van der Waals surface area contributed by atoms with Gasteiger partial charge in [-0.2, -0.15) is 0 Å². The summed E-state index contributed by atoms with van der Waals surface area (Å²) in [7, 11) is 0. The number of aromatic nitrogens is 1. The fourth-order valence-electron chi connectivity index (χ4n) is 3.38. The van der Waals surface area contributed by atoms with Gasteiger partial charge in [0.15, 0.2) is 0 Å². The van der Waals surface area contributed by atoms with Crippen LogP contribution in [-0.4, -0.2) is 40.2 Å². The molecule has 0 aliphatic carbocycles. The molecule has 3 N–H and O–H groups in total. The molecule has 1 amide bonds. The van der Waals surface area contributed by atoms with Gasteiger partial charge in [0.2, 0.25) is 5.91 Å². The summed E-state index contributed by atoms with van der Waals surface area (Å²) in [6.45, 7) is 2.03. The first kappa shape index (κ1) is 17.5. The zero-order chi connectivity index (χ0) is 17.8. The Morgan fingerprint density at radius 1 is 1.36 bits per heavy atom. The molecule has 0 radical (unpaired) electrons. The summed E-state index contributed by atoms with van der Waals surface area (Å²) in [5, 5.41) is 13.1. The number of ether oxygens (including phenoxy) is 1. The van der Waals surface area contributed by atoms with Crippen molar-refractivity contribution in [1.29, 1.82) is 0 Å². The average Bonchev–Trinajstić information content (AvgIpc) is 3.19. The van der Waals surface area contributed by atoms with Crippen LogP contribution in [0.2, 0.25) is 0 Å². The number of nitrogens with one attached hydrogen (secondary N) is 2. The summed E-state index contributed by atoms with van der Waals surface area (Å²) in [6.07, 6.45) is 5.32. The van der Waals surface area contributed by atoms with E-state index in [0.29, 0.717) is 6.42 Å². The molecule has 2 heterocycles. The fraction of sp³-hybridized carbons (Fsp3) is 0.474. The highest BCUT2D eigenvalue weighted by atomic mass is 16.5. The van der Waals surface area contributed by atoms with Crippen LogP contribution >= 0.6 is 0 Å². The van der Waals surface area contributed by atoms with E-state index in [1.54, 1.807) is 6.20 Å². The SMILES string of the molecule is CC1CCC(CCC(=O)NC(Cc2c[nH]c3ccccc23)C(=O)O)O1. The van der Waals surface area contributed by atoms with Crippen molar-refractivity contribution < 1.29 is 19.4 Å². The molecule has 0 saturated carbocycles. The van der Waals surface area contributed by atoms with Crippen molar-refractivity contribution in [3.8, 4) is 0 Å². The van der Waals surface area contributed by atoms with Gasteiger partial charge in [-0.1, -0.05) is 18.2 Å². The first-order valence-corrected chi connectivity index (χ1v) is 8.75. The number of H-pyrrole nitrogens is 1. The monoisotopic (exact) mass is 344 g/mol. The third-order valence-corrected chi connectivity index (χ3v) is 4.75. The summed E-state index contributed by atoms with van der Waals surface area (Å²) in [4.78, 5) is 26.8. The summed E-state index contributed by atoms with van der Waals surface area (Å²) in [5.41, 5.74) is 1.84. The van der Waals surface area contributed by atoms with Gasteiger partial charge in [0.1, 0.15) is 6.04 Å². The standard InChI is InChI=1S/C19H24N2O4/c1-12-6-7-14(25-12)8-9-18(22)21-17(19(23)24)10-13-11-20-16-5-3-2-4-15(13)16/h2-5,11-12,14,17,20H,6-10H2,1H3,(H,21,22)(H,23,24). The van der Waals surface area contributed by atoms with Crippen LogP contribution in [0.25, 0.3) is 10.9 Å². The molecule has 2 aromatic rings. The Labute approximate surface area is 146 Å². The predicted octanol–water partition coefficient (Wildman–Crippen LogP) is 2.63. The van der Waals surface area contributed by atoms with E-state index < -0.39 is 12.0 Å². The van der Waals surface area contributed by atoms with Crippen LogP contribution in [0.3, 0.4) is 0 Å². The van der Waals surface area contributed by atoms with E-state index in [0.717, 1.165) is 29.3 Å². The second-order valence-electron chi connectivity index (χ2n) is 6.71. The Kier molecular flexibility index (Phi) is 5.38. The van der Waals surface area contributed by atoms with Gasteiger partial charge in [0.05, 0.1) is 12.2 Å². The minimum absolute atomic E-state index is 0.109. The maximum Gasteiger partial charge on any atom is 0.326 e. The molecule has 0 spiro atoms. The van der Waals surface area contributed by atoms with Gasteiger partial charge < -0.3 is 20.1 Å². The van der Waals surface area contributed by atoms with E-state index >= 15 is 0 Å². The Balaban J connectivity index is 1.57. The number of carbonyl (C=O) groups excluding carboxylic acids is 1. The molecule has 6 nitrogen and oxygen atoms in total. The molecule has 1 aliphatic rings. The minimum Gasteiger partial charge on any atom is -0.480 e. The molecule has 1 saturated heterocycles. The van der Waals surface area contributed by atoms with Gasteiger partial charge in [-0.05, 0) is 37.8 Å². The number of aromatic amines is 1. The Bertz CT molecular complexity index is 755. The van der Waals surface area contributed by atoms with Crippen molar-refractivity contribution in [2.75, 3.05) is 0 Å². The van der Waals surface area contributed by atoms with E-state index in [9.17, 15) is 14.7 Å². The van der Waals surface area contributed by atoms with Gasteiger partial charge >= 0.3 is 5.97 Å². The van der Waals surface area contributed by atoms with E-state index in [1.165, 1.54) is 0 Å². The first-order chi connectivity index (χ1) is 12.0. The molecular formula is C19H24N2O4. The van der Waals surface area contributed by atoms with Crippen molar-refractivity contribution in [2.45, 2.75) is 57.3 Å². The fourth-order valence-corrected chi connectivity index (χ4v) is 3.38. The molecule has 25 heavy (non-hydrogen) atoms. The Hall–Kier alpha value is -2.34. The van der Waals surface area contributed by atoms with Crippen molar-refractivity contribution in [3.05, 3.63) is 36.0 Å². The summed E-state index contributed by atoms with van der Waals surface area (Å²) >= 11 is 0. The number of amides is 1. The molecule has 0 bridgehead atoms. The summed E-state index contributed by atoms with van der Waals surface area (Å²) in [5.74, 6) is -1.26. The van der Waals surface area contributed by atoms with E-state index in [1.807, 2.05) is 31.2 Å². The van der Waals surface area contributed by atoms with Crippen molar-refractivity contribution >= 4 is 22.8 Å². The number of benzene rings is 1. The molecule has 3 atom stereocenters. The normalized spacial score (nSPS) is 21.3. The lowest BCUT2D eigenvalue weighted by Crippen LogP contribution is -2.42. The maximum absolute atomic E-state index is 12.2. The van der Waals surface area contributed by atoms with Crippen molar-refractivity contribution in [1.82, 2.24) is 10.3 Å². The zero-order valence-corrected chi connectivity index (χ0v) is 14.3. The second kappa shape index (κ2) is 7.70. The van der Waals surface area contributed by atoms with Crippen LogP contribution in [0.4, 0.5) is 0 Å². The first-order valence-electron chi connectivity index (χ1n) is 8.75. The number of aliphatic carboxylic acids is 1. The van der Waals surface area contributed by atoms with Crippen molar-refractivity contribution in [3.63, 3.8) is 0 Å². The second-order valence-corrected chi connectivity index (χ2v) is 6.71. The van der Waals surface area contributed by atoms with Crippen LogP contribution in [0.5, 0.6) is 0 Å². The molecule has 1 fully saturated rings. The zero-order valence-electron chi connectivity index (χ0n) is 14.3. The third-order valence-electron chi connectivity index (χ3n) is 4.75. The van der Waals surface area contributed by atoms with Crippen LogP contribution in [0.1, 0.15) is 38.2 Å². The number of hydrogen-bond acceptors (Lipinski definition) is 3. The lowest BCUT2D eigenvalue weighted by atomic mass is 10.0. The van der Waals surface area contributed by atoms with E-state index in [4.69, 9.17) is 4.74 Å². The Morgan fingerprint density at radius 2 is 2.16 bits per heavy atom. The highest BCUT2D eigenvalue weighted by Gasteiger charge is 2.25. The molecule has 134 valence electrons. The topological polar surface area (TPSA) is 91.4 Å². The number of carbonyl (C=O) groups is 2. The largest absolute Gasteiger partial charge is 0.480 e. The van der Waals surface area contributed by atoms with Gasteiger partial charge in [-0.15, -0.1) is 0 Å². The third kappa shape index (κ3) is 4.39. The van der Waals surface area contributed by atoms with Crippen molar-refractivity contribution in [2.24, 2.45) is 0 Å². The molecule has 3 rings (SSSR count). The lowest BCUT2D eigenvalue weighted by molar-refractivity contribution is -0.141. The molecule has 1 aromatic carbocycles. The maximum atomic E-state index is 12.2. The Morgan fingerprint density at radius 3 is 2.88 bits per heavy atom. The highest BCUT2D eigenvalue weighted by Crippen LogP contribution is 2.23. The number of fused-ring (bicyclic) bond motifs is 1. The number of carboxylic acids is 1. The molecule has 6 heteroatoms. The van der Waals surface area contributed by atoms with Gasteiger partial charge in [-0.25, -0.2) is 4.79 Å². The van der Waals surface area contributed by atoms with E-state index in [-0.39, 0.29) is 31.0 Å². The van der Waals surface area contributed by atoms with Crippen LogP contribution < -0.4 is 5.32 Å². The molecule has 1 aromatic heterocycles. The average molecular weight is 344 g/mol. The number of para-hydroxylation sites is 1. The van der Waals surface area contributed by atoms with Gasteiger partial charge in [0.25, 0.3) is 0 Å². The quantitative estimate of drug-likeness (QED) is 0.720. The predicted molar refractivity (Wildman–Crippen MR) is 94.4 cm³/mol. The number of rotatable bonds is 7. The van der Waals surface area contributed by atoms with Gasteiger partial charge in [-0.3, -0.25) is 4.79 Å². The number of carboxylic acid groups (broad SMARTS) is 1. The van der Waals surface area contributed by atoms with Gasteiger partial charge in [0, 0.05) is 29.9 Å². The summed E-state index contributed by atoms with van der Waals surface area (Å²) < 4.78 is 5.70. The highest BCUT2D eigenvalue weighted by molar-refractivity contribution is 5.86. The lowest BCUT2D eigenvalue weighted by Gasteiger charge is -2.15. The van der Waals surface area contributed by atoms with Crippen LogP contribution in [-0.2, 0) is 20.7 Å². The molecule has 3 unspecified atom stereocenters. The smallest absolute Gasteiger partial charge is 0.326 e. The summed E-state index contributed by atoms with van der Waals surface area (Å²) in [6, 6.07) is 6.79. The van der Waals surface area contributed by atoms with Crippen LogP contribution in [0.15, 0.2) is 30.5 Å². The molecular weight excluding hydrogens is 320 g/mol. The van der Waals surface area contributed by atoms with E-state index in [2.05, 4.69) is 10.3 Å². The molecule has 1 aliphatic heterocycles. The minimum atomic E-state index is -1.02.